The number of thioether (sulfide) groups is 1. The molecule has 0 radical (unpaired) electrons. The Bertz CT molecular complexity index is 1070. The van der Waals surface area contributed by atoms with E-state index in [0.717, 1.165) is 4.90 Å². The summed E-state index contributed by atoms with van der Waals surface area (Å²) in [6.45, 7) is 3.26. The molecule has 29 heavy (non-hydrogen) atoms. The van der Waals surface area contributed by atoms with Gasteiger partial charge in [-0.25, -0.2) is 4.79 Å². The zero-order valence-corrected chi connectivity index (χ0v) is 16.6. The number of benzene rings is 2. The van der Waals surface area contributed by atoms with Gasteiger partial charge < -0.3 is 14.5 Å². The molecule has 0 aliphatic rings. The average Bonchev–Trinajstić information content (AvgIpc) is 3.04. The number of non-ortho nitro benzene ring substituents is 1. The molecule has 150 valence electrons. The fraction of sp³-hybridized carbons (Fsp3) is 0.200. The fourth-order valence-electron chi connectivity index (χ4n) is 2.82. The largest absolute Gasteiger partial charge is 0.462 e. The lowest BCUT2D eigenvalue weighted by atomic mass is 10.1. The zero-order chi connectivity index (χ0) is 21.0. The van der Waals surface area contributed by atoms with Crippen LogP contribution in [0.5, 0.6) is 5.75 Å². The molecular weight excluding hydrogens is 396 g/mol. The minimum atomic E-state index is -0.474. The third kappa shape index (κ3) is 4.75. The zero-order valence-electron chi connectivity index (χ0n) is 15.8. The molecule has 9 heteroatoms. The van der Waals surface area contributed by atoms with Crippen LogP contribution in [0, 0.1) is 10.1 Å². The molecule has 0 bridgehead atoms. The van der Waals surface area contributed by atoms with Crippen LogP contribution in [0.4, 0.5) is 5.69 Å². The number of H-pyrrole nitrogens is 1. The minimum Gasteiger partial charge on any atom is -0.462 e. The highest BCUT2D eigenvalue weighted by atomic mass is 32.2. The van der Waals surface area contributed by atoms with Gasteiger partial charge in [-0.05, 0) is 37.3 Å². The molecule has 0 saturated heterocycles. The number of hydrogen-bond donors (Lipinski definition) is 1. The smallest absolute Gasteiger partial charge is 0.340 e. The van der Waals surface area contributed by atoms with E-state index in [1.165, 1.54) is 30.8 Å². The van der Waals surface area contributed by atoms with Crippen molar-refractivity contribution < 1.29 is 24.0 Å². The van der Waals surface area contributed by atoms with Crippen molar-refractivity contribution in [3.63, 3.8) is 0 Å². The van der Waals surface area contributed by atoms with Crippen molar-refractivity contribution in [3.05, 3.63) is 63.8 Å². The number of hydrogen-bond acceptors (Lipinski definition) is 7. The standard InChI is InChI=1S/C20H18N2O6S/c1-3-27-20(24)19-16-10-14(28-12(2)23)6-9-17(16)21-18(19)11-29-15-7-4-13(5-8-15)22(25)26/h4-10,21H,3,11H2,1-2H3. The van der Waals surface area contributed by atoms with Gasteiger partial charge in [-0.3, -0.25) is 14.9 Å². The van der Waals surface area contributed by atoms with E-state index in [2.05, 4.69) is 4.98 Å². The predicted octanol–water partition coefficient (Wildman–Crippen LogP) is 4.47. The number of aromatic nitrogens is 1. The number of aromatic amines is 1. The van der Waals surface area contributed by atoms with Crippen LogP contribution in [0.1, 0.15) is 29.9 Å². The van der Waals surface area contributed by atoms with E-state index in [0.29, 0.717) is 33.7 Å². The van der Waals surface area contributed by atoms with Gasteiger partial charge in [0, 0.05) is 46.3 Å². The minimum absolute atomic E-state index is 0.0187. The fourth-order valence-corrected chi connectivity index (χ4v) is 3.68. The van der Waals surface area contributed by atoms with Crippen LogP contribution in [0.15, 0.2) is 47.4 Å². The molecule has 3 rings (SSSR count). The number of ether oxygens (including phenoxy) is 2. The van der Waals surface area contributed by atoms with Gasteiger partial charge in [0.15, 0.2) is 0 Å². The van der Waals surface area contributed by atoms with Crippen molar-refractivity contribution in [2.75, 3.05) is 6.61 Å². The Morgan fingerprint density at radius 2 is 1.90 bits per heavy atom. The lowest BCUT2D eigenvalue weighted by Crippen LogP contribution is -2.07. The number of nitro benzene ring substituents is 1. The Morgan fingerprint density at radius 3 is 2.52 bits per heavy atom. The summed E-state index contributed by atoms with van der Waals surface area (Å²) in [5.74, 6) is -0.169. The molecule has 0 atom stereocenters. The molecule has 0 saturated carbocycles. The number of nitrogens with one attached hydrogen (secondary N) is 1. The second-order valence-electron chi connectivity index (χ2n) is 6.04. The molecule has 2 aromatic carbocycles. The Morgan fingerprint density at radius 1 is 1.17 bits per heavy atom. The lowest BCUT2D eigenvalue weighted by molar-refractivity contribution is -0.384. The summed E-state index contributed by atoms with van der Waals surface area (Å²) in [6, 6.07) is 11.2. The van der Waals surface area contributed by atoms with E-state index in [1.807, 2.05) is 0 Å². The highest BCUT2D eigenvalue weighted by molar-refractivity contribution is 7.98. The molecule has 1 N–H and O–H groups in total. The van der Waals surface area contributed by atoms with E-state index in [-0.39, 0.29) is 12.3 Å². The maximum absolute atomic E-state index is 12.6. The molecule has 1 aromatic heterocycles. The molecule has 0 fully saturated rings. The first-order valence-corrected chi connectivity index (χ1v) is 9.75. The summed E-state index contributed by atoms with van der Waals surface area (Å²) < 4.78 is 10.3. The molecule has 8 nitrogen and oxygen atoms in total. The Balaban J connectivity index is 1.92. The van der Waals surface area contributed by atoms with Crippen molar-refractivity contribution >= 4 is 40.3 Å². The summed E-state index contributed by atoms with van der Waals surface area (Å²) in [5, 5.41) is 11.4. The van der Waals surface area contributed by atoms with E-state index < -0.39 is 16.9 Å². The first-order chi connectivity index (χ1) is 13.9. The second-order valence-corrected chi connectivity index (χ2v) is 7.09. The van der Waals surface area contributed by atoms with E-state index in [9.17, 15) is 19.7 Å². The summed E-state index contributed by atoms with van der Waals surface area (Å²) in [5.41, 5.74) is 1.76. The van der Waals surface area contributed by atoms with Crippen LogP contribution in [0.2, 0.25) is 0 Å². The van der Waals surface area contributed by atoms with Crippen LogP contribution in [-0.2, 0) is 15.3 Å². The molecule has 3 aromatic rings. The number of esters is 2. The van der Waals surface area contributed by atoms with Crippen LogP contribution in [-0.4, -0.2) is 28.5 Å². The molecular formula is C20H18N2O6S. The van der Waals surface area contributed by atoms with Gasteiger partial charge in [0.1, 0.15) is 5.75 Å². The third-order valence-corrected chi connectivity index (χ3v) is 5.06. The van der Waals surface area contributed by atoms with Gasteiger partial charge in [-0.15, -0.1) is 11.8 Å². The number of rotatable bonds is 7. The highest BCUT2D eigenvalue weighted by Crippen LogP contribution is 2.32. The predicted molar refractivity (Wildman–Crippen MR) is 108 cm³/mol. The lowest BCUT2D eigenvalue weighted by Gasteiger charge is -2.06. The summed E-state index contributed by atoms with van der Waals surface area (Å²) in [4.78, 5) is 38.2. The van der Waals surface area contributed by atoms with E-state index >= 15 is 0 Å². The topological polar surface area (TPSA) is 112 Å². The number of nitrogens with zero attached hydrogens (tertiary/aromatic N) is 1. The number of carbonyl (C=O) groups is 2. The van der Waals surface area contributed by atoms with Gasteiger partial charge in [0.2, 0.25) is 0 Å². The summed E-state index contributed by atoms with van der Waals surface area (Å²) in [6.07, 6.45) is 0. The van der Waals surface area contributed by atoms with Crippen molar-refractivity contribution in [2.45, 2.75) is 24.5 Å². The van der Waals surface area contributed by atoms with E-state index in [4.69, 9.17) is 9.47 Å². The number of carbonyl (C=O) groups excluding carboxylic acids is 2. The van der Waals surface area contributed by atoms with Gasteiger partial charge in [0.25, 0.3) is 5.69 Å². The third-order valence-electron chi connectivity index (χ3n) is 4.02. The molecule has 0 aliphatic carbocycles. The van der Waals surface area contributed by atoms with Gasteiger partial charge in [0.05, 0.1) is 17.1 Å². The summed E-state index contributed by atoms with van der Waals surface area (Å²) >= 11 is 1.43. The van der Waals surface area contributed by atoms with Crippen molar-refractivity contribution in [2.24, 2.45) is 0 Å². The van der Waals surface area contributed by atoms with Gasteiger partial charge in [-0.1, -0.05) is 0 Å². The quantitative estimate of drug-likeness (QED) is 0.200. The van der Waals surface area contributed by atoms with Gasteiger partial charge >= 0.3 is 11.9 Å². The maximum Gasteiger partial charge on any atom is 0.340 e. The first-order valence-electron chi connectivity index (χ1n) is 8.76. The van der Waals surface area contributed by atoms with Crippen molar-refractivity contribution in [3.8, 4) is 5.75 Å². The van der Waals surface area contributed by atoms with Crippen LogP contribution in [0.3, 0.4) is 0 Å². The van der Waals surface area contributed by atoms with Crippen molar-refractivity contribution in [1.82, 2.24) is 4.98 Å². The van der Waals surface area contributed by atoms with Gasteiger partial charge in [-0.2, -0.15) is 0 Å². The number of fused-ring (bicyclic) bond motifs is 1. The van der Waals surface area contributed by atoms with Crippen LogP contribution < -0.4 is 4.74 Å². The Kier molecular flexibility index (Phi) is 6.18. The maximum atomic E-state index is 12.6. The average molecular weight is 414 g/mol. The Labute approximate surface area is 170 Å². The Hall–Kier alpha value is -3.33. The van der Waals surface area contributed by atoms with E-state index in [1.54, 1.807) is 37.3 Å². The molecule has 1 heterocycles. The molecule has 0 unspecified atom stereocenters. The normalized spacial score (nSPS) is 10.7. The molecule has 0 amide bonds. The van der Waals surface area contributed by atoms with Crippen molar-refractivity contribution in [1.29, 1.82) is 0 Å². The van der Waals surface area contributed by atoms with Crippen LogP contribution >= 0.6 is 11.8 Å². The monoisotopic (exact) mass is 414 g/mol. The highest BCUT2D eigenvalue weighted by Gasteiger charge is 2.20. The first kappa shape index (κ1) is 20.4. The second kappa shape index (κ2) is 8.78. The van der Waals surface area contributed by atoms with Crippen LogP contribution in [0.25, 0.3) is 10.9 Å². The molecule has 0 aliphatic heterocycles. The summed E-state index contributed by atoms with van der Waals surface area (Å²) in [7, 11) is 0. The molecule has 0 spiro atoms. The number of nitro groups is 1. The SMILES string of the molecule is CCOC(=O)c1c(CSc2ccc([N+](=O)[O-])cc2)[nH]c2ccc(OC(C)=O)cc12.